The van der Waals surface area contributed by atoms with Crippen molar-refractivity contribution >= 4 is 11.8 Å². The van der Waals surface area contributed by atoms with Gasteiger partial charge in [0.05, 0.1) is 7.11 Å². The third-order valence-electron chi connectivity index (χ3n) is 4.69. The van der Waals surface area contributed by atoms with Crippen LogP contribution in [0.5, 0.6) is 5.75 Å². The molecule has 1 fully saturated rings. The van der Waals surface area contributed by atoms with Crippen LogP contribution in [0.25, 0.3) is 0 Å². The van der Waals surface area contributed by atoms with Crippen LogP contribution in [0.3, 0.4) is 0 Å². The third-order valence-corrected chi connectivity index (χ3v) is 4.69. The number of hydrogen-bond donors (Lipinski definition) is 2. The first-order chi connectivity index (χ1) is 13.1. The van der Waals surface area contributed by atoms with Gasteiger partial charge in [0, 0.05) is 31.0 Å². The Balaban J connectivity index is 0.00000280. The summed E-state index contributed by atoms with van der Waals surface area (Å²) in [5.74, 6) is -0.0740. The summed E-state index contributed by atoms with van der Waals surface area (Å²) >= 11 is 0. The Labute approximate surface area is 165 Å². The molecule has 1 aromatic heterocycles. The predicted molar refractivity (Wildman–Crippen MR) is 106 cm³/mol. The Kier molecular flexibility index (Phi) is 7.52. The molecule has 2 N–H and O–H groups in total. The van der Waals surface area contributed by atoms with Gasteiger partial charge in [-0.1, -0.05) is 7.43 Å². The summed E-state index contributed by atoms with van der Waals surface area (Å²) in [6.07, 6.45) is 3.78. The molecule has 150 valence electrons. The maximum absolute atomic E-state index is 12.9. The first-order valence-corrected chi connectivity index (χ1v) is 8.92. The molecule has 0 saturated carbocycles. The van der Waals surface area contributed by atoms with Crippen LogP contribution in [-0.4, -0.2) is 53.0 Å². The standard InChI is InChI=1S/C20H23N3O4.CH4/c1-27-16-6-4-15(5-7-16)19(25)22-17(20(26)23-12-2-3-13-23)18(24)14-8-10-21-11-9-14;/h4-11,17-18,24H,2-3,12-13H2,1H3,(H,22,25);1H4/t17-,18+;/m1./s1. The van der Waals surface area contributed by atoms with Gasteiger partial charge in [-0.05, 0) is 54.8 Å². The molecule has 0 aliphatic carbocycles. The number of nitrogens with zero attached hydrogens (tertiary/aromatic N) is 2. The zero-order valence-corrected chi connectivity index (χ0v) is 15.2. The molecule has 2 amide bonds. The number of rotatable bonds is 6. The van der Waals surface area contributed by atoms with E-state index in [9.17, 15) is 14.7 Å². The molecule has 1 aliphatic rings. The van der Waals surface area contributed by atoms with Crippen molar-refractivity contribution in [3.8, 4) is 5.75 Å². The molecule has 7 heteroatoms. The molecular weight excluding hydrogens is 358 g/mol. The van der Waals surface area contributed by atoms with Crippen LogP contribution in [0, 0.1) is 0 Å². The van der Waals surface area contributed by atoms with Crippen LogP contribution >= 0.6 is 0 Å². The first-order valence-electron chi connectivity index (χ1n) is 8.92. The fourth-order valence-corrected chi connectivity index (χ4v) is 3.13. The zero-order valence-electron chi connectivity index (χ0n) is 15.2. The lowest BCUT2D eigenvalue weighted by Gasteiger charge is -2.28. The number of aliphatic hydroxyl groups is 1. The minimum atomic E-state index is -1.16. The van der Waals surface area contributed by atoms with E-state index in [4.69, 9.17) is 4.74 Å². The van der Waals surface area contributed by atoms with Crippen LogP contribution in [0.4, 0.5) is 0 Å². The van der Waals surface area contributed by atoms with Gasteiger partial charge in [0.25, 0.3) is 5.91 Å². The number of likely N-dealkylation sites (tertiary alicyclic amines) is 1. The van der Waals surface area contributed by atoms with Gasteiger partial charge in [-0.3, -0.25) is 14.6 Å². The fraction of sp³-hybridized carbons (Fsp3) is 0.381. The lowest BCUT2D eigenvalue weighted by atomic mass is 10.0. The number of aliphatic hydroxyl groups excluding tert-OH is 1. The van der Waals surface area contributed by atoms with E-state index in [1.807, 2.05) is 0 Å². The van der Waals surface area contributed by atoms with Crippen molar-refractivity contribution in [1.82, 2.24) is 15.2 Å². The molecule has 2 atom stereocenters. The van der Waals surface area contributed by atoms with E-state index in [2.05, 4.69) is 10.3 Å². The topological polar surface area (TPSA) is 91.8 Å². The molecule has 1 saturated heterocycles. The monoisotopic (exact) mass is 385 g/mol. The fourth-order valence-electron chi connectivity index (χ4n) is 3.13. The third kappa shape index (κ3) is 4.86. The molecule has 1 aliphatic heterocycles. The molecule has 28 heavy (non-hydrogen) atoms. The van der Waals surface area contributed by atoms with E-state index in [0.717, 1.165) is 12.8 Å². The number of aromatic nitrogens is 1. The second-order valence-electron chi connectivity index (χ2n) is 6.44. The number of ether oxygens (including phenoxy) is 1. The summed E-state index contributed by atoms with van der Waals surface area (Å²) in [5.41, 5.74) is 0.912. The van der Waals surface area contributed by atoms with Crippen LogP contribution in [0.2, 0.25) is 0 Å². The van der Waals surface area contributed by atoms with Crippen molar-refractivity contribution in [2.45, 2.75) is 32.4 Å². The maximum atomic E-state index is 12.9. The molecular formula is C21H27N3O4. The molecule has 0 unspecified atom stereocenters. The largest absolute Gasteiger partial charge is 0.497 e. The van der Waals surface area contributed by atoms with E-state index in [-0.39, 0.29) is 13.3 Å². The summed E-state index contributed by atoms with van der Waals surface area (Å²) in [7, 11) is 1.55. The number of methoxy groups -OCH3 is 1. The van der Waals surface area contributed by atoms with Crippen molar-refractivity contribution in [2.75, 3.05) is 20.2 Å². The lowest BCUT2D eigenvalue weighted by Crippen LogP contribution is -2.51. The average molecular weight is 385 g/mol. The maximum Gasteiger partial charge on any atom is 0.252 e. The Morgan fingerprint density at radius 3 is 2.29 bits per heavy atom. The van der Waals surface area contributed by atoms with E-state index in [1.165, 1.54) is 0 Å². The highest BCUT2D eigenvalue weighted by molar-refractivity contribution is 5.98. The summed E-state index contributed by atoms with van der Waals surface area (Å²) < 4.78 is 5.09. The Morgan fingerprint density at radius 1 is 1.11 bits per heavy atom. The van der Waals surface area contributed by atoms with E-state index in [1.54, 1.807) is 60.8 Å². The second kappa shape index (κ2) is 9.85. The highest BCUT2D eigenvalue weighted by atomic mass is 16.5. The van der Waals surface area contributed by atoms with E-state index >= 15 is 0 Å². The molecule has 0 bridgehead atoms. The number of amides is 2. The van der Waals surface area contributed by atoms with Crippen LogP contribution in [-0.2, 0) is 4.79 Å². The molecule has 2 aromatic rings. The molecule has 0 radical (unpaired) electrons. The van der Waals surface area contributed by atoms with Crippen molar-refractivity contribution in [3.63, 3.8) is 0 Å². The minimum absolute atomic E-state index is 0. The van der Waals surface area contributed by atoms with Gasteiger partial charge in [0.2, 0.25) is 5.91 Å². The van der Waals surface area contributed by atoms with Gasteiger partial charge >= 0.3 is 0 Å². The van der Waals surface area contributed by atoms with Gasteiger partial charge in [0.1, 0.15) is 17.9 Å². The number of hydrogen-bond acceptors (Lipinski definition) is 5. The molecule has 3 rings (SSSR count). The van der Waals surface area contributed by atoms with Gasteiger partial charge in [-0.2, -0.15) is 0 Å². The van der Waals surface area contributed by atoms with Crippen LogP contribution in [0.15, 0.2) is 48.8 Å². The number of pyridine rings is 1. The van der Waals surface area contributed by atoms with Crippen molar-refractivity contribution < 1.29 is 19.4 Å². The first kappa shape index (κ1) is 21.4. The summed E-state index contributed by atoms with van der Waals surface area (Å²) in [5, 5.41) is 13.5. The lowest BCUT2D eigenvalue weighted by molar-refractivity contribution is -0.135. The second-order valence-corrected chi connectivity index (χ2v) is 6.44. The van der Waals surface area contributed by atoms with Crippen LogP contribution < -0.4 is 10.1 Å². The van der Waals surface area contributed by atoms with Crippen molar-refractivity contribution in [2.24, 2.45) is 0 Å². The van der Waals surface area contributed by atoms with Crippen LogP contribution in [0.1, 0.15) is 42.3 Å². The Morgan fingerprint density at radius 2 is 1.71 bits per heavy atom. The highest BCUT2D eigenvalue weighted by Crippen LogP contribution is 2.21. The van der Waals surface area contributed by atoms with E-state index in [0.29, 0.717) is 30.0 Å². The van der Waals surface area contributed by atoms with Gasteiger partial charge in [0.15, 0.2) is 0 Å². The Hall–Kier alpha value is -2.93. The quantitative estimate of drug-likeness (QED) is 0.795. The SMILES string of the molecule is C.COc1ccc(C(=O)N[C@@H](C(=O)N2CCCC2)[C@@H](O)c2ccncc2)cc1. The smallest absolute Gasteiger partial charge is 0.252 e. The number of carbonyl (C=O) groups excluding carboxylic acids is 2. The normalized spacial score (nSPS) is 15.3. The number of nitrogens with one attached hydrogen (secondary N) is 1. The summed E-state index contributed by atoms with van der Waals surface area (Å²) in [6, 6.07) is 8.77. The van der Waals surface area contributed by atoms with E-state index < -0.39 is 18.1 Å². The van der Waals surface area contributed by atoms with Crippen molar-refractivity contribution in [3.05, 3.63) is 59.9 Å². The van der Waals surface area contributed by atoms with Gasteiger partial charge < -0.3 is 20.1 Å². The Bertz CT molecular complexity index is 774. The summed E-state index contributed by atoms with van der Waals surface area (Å²) in [6.45, 7) is 1.27. The predicted octanol–water partition coefficient (Wildman–Crippen LogP) is 2.18. The highest BCUT2D eigenvalue weighted by Gasteiger charge is 2.34. The molecule has 7 nitrogen and oxygen atoms in total. The molecule has 1 aromatic carbocycles. The van der Waals surface area contributed by atoms with Gasteiger partial charge in [-0.25, -0.2) is 0 Å². The van der Waals surface area contributed by atoms with Gasteiger partial charge in [-0.15, -0.1) is 0 Å². The molecule has 2 heterocycles. The van der Waals surface area contributed by atoms with Crippen molar-refractivity contribution in [1.29, 1.82) is 0 Å². The molecule has 0 spiro atoms. The summed E-state index contributed by atoms with van der Waals surface area (Å²) in [4.78, 5) is 31.2. The number of carbonyl (C=O) groups is 2. The number of benzene rings is 1. The zero-order chi connectivity index (χ0) is 19.2. The average Bonchev–Trinajstić information content (AvgIpc) is 3.26. The minimum Gasteiger partial charge on any atom is -0.497 e.